The van der Waals surface area contributed by atoms with Crippen LogP contribution >= 0.6 is 0 Å². The molecular formula is C16H20FN3. The molecule has 1 atom stereocenters. The van der Waals surface area contributed by atoms with Crippen LogP contribution in [0.3, 0.4) is 0 Å². The van der Waals surface area contributed by atoms with Crippen molar-refractivity contribution in [3.63, 3.8) is 0 Å². The lowest BCUT2D eigenvalue weighted by molar-refractivity contribution is 0.601. The molecule has 0 saturated carbocycles. The number of pyridine rings is 1. The average Bonchev–Trinajstić information content (AvgIpc) is 2.42. The largest absolute Gasteiger partial charge is 0.381 e. The van der Waals surface area contributed by atoms with Crippen molar-refractivity contribution in [3.8, 4) is 0 Å². The summed E-state index contributed by atoms with van der Waals surface area (Å²) in [6.07, 6.45) is 2.44. The van der Waals surface area contributed by atoms with E-state index >= 15 is 0 Å². The molecule has 1 aromatic heterocycles. The van der Waals surface area contributed by atoms with Gasteiger partial charge in [0.05, 0.1) is 11.9 Å². The smallest absolute Gasteiger partial charge is 0.128 e. The molecule has 0 aliphatic rings. The van der Waals surface area contributed by atoms with Crippen molar-refractivity contribution in [2.45, 2.75) is 19.4 Å². The van der Waals surface area contributed by atoms with Crippen LogP contribution in [0.4, 0.5) is 15.9 Å². The Morgan fingerprint density at radius 2 is 1.95 bits per heavy atom. The summed E-state index contributed by atoms with van der Waals surface area (Å²) < 4.78 is 13.6. The van der Waals surface area contributed by atoms with Crippen molar-refractivity contribution < 1.29 is 4.39 Å². The van der Waals surface area contributed by atoms with E-state index in [0.717, 1.165) is 17.1 Å². The molecule has 2 rings (SSSR count). The van der Waals surface area contributed by atoms with E-state index in [1.54, 1.807) is 12.3 Å². The zero-order chi connectivity index (χ0) is 14.5. The van der Waals surface area contributed by atoms with Crippen LogP contribution in [0, 0.1) is 5.82 Å². The number of anilines is 2. The number of nitrogens with one attached hydrogen (secondary N) is 1. The Labute approximate surface area is 119 Å². The summed E-state index contributed by atoms with van der Waals surface area (Å²) in [6, 6.07) is 11.0. The number of benzene rings is 1. The molecule has 0 saturated heterocycles. The third-order valence-electron chi connectivity index (χ3n) is 3.10. The first-order valence-electron chi connectivity index (χ1n) is 6.69. The van der Waals surface area contributed by atoms with Gasteiger partial charge in [-0.25, -0.2) is 9.37 Å². The maximum atomic E-state index is 13.6. The minimum atomic E-state index is -0.151. The molecule has 0 aliphatic carbocycles. The first-order valence-corrected chi connectivity index (χ1v) is 6.69. The predicted octanol–water partition coefficient (Wildman–Crippen LogP) is 3.33. The SMILES string of the molecule is CC(Cc1ccccc1F)Nc1ccc(N(C)C)nc1. The molecule has 2 aromatic rings. The van der Waals surface area contributed by atoms with Crippen molar-refractivity contribution in [2.24, 2.45) is 0 Å². The summed E-state index contributed by atoms with van der Waals surface area (Å²) >= 11 is 0. The summed E-state index contributed by atoms with van der Waals surface area (Å²) in [5, 5.41) is 3.34. The summed E-state index contributed by atoms with van der Waals surface area (Å²) in [7, 11) is 3.91. The summed E-state index contributed by atoms with van der Waals surface area (Å²) in [5.74, 6) is 0.763. The monoisotopic (exact) mass is 273 g/mol. The van der Waals surface area contributed by atoms with Gasteiger partial charge in [0.1, 0.15) is 11.6 Å². The molecule has 0 amide bonds. The fourth-order valence-electron chi connectivity index (χ4n) is 2.07. The van der Waals surface area contributed by atoms with Gasteiger partial charge in [-0.3, -0.25) is 0 Å². The topological polar surface area (TPSA) is 28.2 Å². The normalized spacial score (nSPS) is 12.0. The van der Waals surface area contributed by atoms with Gasteiger partial charge in [0.2, 0.25) is 0 Å². The lowest BCUT2D eigenvalue weighted by atomic mass is 10.1. The van der Waals surface area contributed by atoms with Gasteiger partial charge >= 0.3 is 0 Å². The van der Waals surface area contributed by atoms with Gasteiger partial charge in [-0.05, 0) is 37.1 Å². The number of hydrogen-bond acceptors (Lipinski definition) is 3. The van der Waals surface area contributed by atoms with Crippen LogP contribution in [0.2, 0.25) is 0 Å². The van der Waals surface area contributed by atoms with Crippen LogP contribution in [-0.4, -0.2) is 25.1 Å². The molecule has 3 nitrogen and oxygen atoms in total. The van der Waals surface area contributed by atoms with Gasteiger partial charge in [-0.1, -0.05) is 18.2 Å². The Bertz CT molecular complexity index is 552. The van der Waals surface area contributed by atoms with Crippen LogP contribution in [0.25, 0.3) is 0 Å². The third kappa shape index (κ3) is 3.70. The number of aromatic nitrogens is 1. The molecule has 4 heteroatoms. The summed E-state index contributed by atoms with van der Waals surface area (Å²) in [5.41, 5.74) is 1.67. The number of rotatable bonds is 5. The van der Waals surface area contributed by atoms with Crippen LogP contribution in [0.15, 0.2) is 42.6 Å². The number of halogens is 1. The van der Waals surface area contributed by atoms with Crippen molar-refractivity contribution in [3.05, 3.63) is 54.0 Å². The van der Waals surface area contributed by atoms with E-state index in [9.17, 15) is 4.39 Å². The second kappa shape index (κ2) is 6.37. The van der Waals surface area contributed by atoms with Crippen molar-refractivity contribution >= 4 is 11.5 Å². The molecular weight excluding hydrogens is 253 g/mol. The number of nitrogens with zero attached hydrogens (tertiary/aromatic N) is 2. The molecule has 0 radical (unpaired) electrons. The quantitative estimate of drug-likeness (QED) is 0.905. The first-order chi connectivity index (χ1) is 9.56. The van der Waals surface area contributed by atoms with Crippen molar-refractivity contribution in [1.29, 1.82) is 0 Å². The molecule has 0 spiro atoms. The maximum Gasteiger partial charge on any atom is 0.128 e. The maximum absolute atomic E-state index is 13.6. The first kappa shape index (κ1) is 14.3. The fraction of sp³-hybridized carbons (Fsp3) is 0.312. The van der Waals surface area contributed by atoms with E-state index in [1.165, 1.54) is 6.07 Å². The Balaban J connectivity index is 1.97. The average molecular weight is 273 g/mol. The zero-order valence-corrected chi connectivity index (χ0v) is 12.1. The second-order valence-corrected chi connectivity index (χ2v) is 5.14. The minimum Gasteiger partial charge on any atom is -0.381 e. The van der Waals surface area contributed by atoms with E-state index < -0.39 is 0 Å². The van der Waals surface area contributed by atoms with Crippen LogP contribution < -0.4 is 10.2 Å². The Morgan fingerprint density at radius 1 is 1.20 bits per heavy atom. The van der Waals surface area contributed by atoms with Crippen LogP contribution in [0.5, 0.6) is 0 Å². The van der Waals surface area contributed by atoms with Gasteiger partial charge < -0.3 is 10.2 Å². The molecule has 20 heavy (non-hydrogen) atoms. The van der Waals surface area contributed by atoms with E-state index in [-0.39, 0.29) is 11.9 Å². The molecule has 0 fully saturated rings. The second-order valence-electron chi connectivity index (χ2n) is 5.14. The molecule has 1 N–H and O–H groups in total. The molecule has 1 unspecified atom stereocenters. The predicted molar refractivity (Wildman–Crippen MR) is 81.8 cm³/mol. The van der Waals surface area contributed by atoms with E-state index in [4.69, 9.17) is 0 Å². The molecule has 1 aromatic carbocycles. The van der Waals surface area contributed by atoms with Gasteiger partial charge in [0.15, 0.2) is 0 Å². The minimum absolute atomic E-state index is 0.138. The van der Waals surface area contributed by atoms with Crippen molar-refractivity contribution in [2.75, 3.05) is 24.3 Å². The lowest BCUT2D eigenvalue weighted by Gasteiger charge is -2.17. The Morgan fingerprint density at radius 3 is 2.55 bits per heavy atom. The Kier molecular flexibility index (Phi) is 4.56. The van der Waals surface area contributed by atoms with Gasteiger partial charge in [0, 0.05) is 20.1 Å². The van der Waals surface area contributed by atoms with Gasteiger partial charge in [-0.2, -0.15) is 0 Å². The van der Waals surface area contributed by atoms with Crippen LogP contribution in [0.1, 0.15) is 12.5 Å². The molecule has 1 heterocycles. The standard InChI is InChI=1S/C16H20FN3/c1-12(10-13-6-4-5-7-15(13)17)19-14-8-9-16(18-11-14)20(2)3/h4-9,11-12,19H,10H2,1-3H3. The van der Waals surface area contributed by atoms with E-state index in [0.29, 0.717) is 6.42 Å². The summed E-state index contributed by atoms with van der Waals surface area (Å²) in [6.45, 7) is 2.03. The van der Waals surface area contributed by atoms with Gasteiger partial charge in [0.25, 0.3) is 0 Å². The van der Waals surface area contributed by atoms with E-state index in [2.05, 4.69) is 10.3 Å². The fourth-order valence-corrected chi connectivity index (χ4v) is 2.07. The highest BCUT2D eigenvalue weighted by Gasteiger charge is 2.07. The molecule has 0 aliphatic heterocycles. The highest BCUT2D eigenvalue weighted by Crippen LogP contribution is 2.15. The number of hydrogen-bond donors (Lipinski definition) is 1. The zero-order valence-electron chi connectivity index (χ0n) is 12.1. The highest BCUT2D eigenvalue weighted by molar-refractivity contribution is 5.48. The van der Waals surface area contributed by atoms with E-state index in [1.807, 2.05) is 50.2 Å². The molecule has 0 bridgehead atoms. The van der Waals surface area contributed by atoms with Gasteiger partial charge in [-0.15, -0.1) is 0 Å². The lowest BCUT2D eigenvalue weighted by Crippen LogP contribution is -2.19. The highest BCUT2D eigenvalue weighted by atomic mass is 19.1. The summed E-state index contributed by atoms with van der Waals surface area (Å²) in [4.78, 5) is 6.30. The third-order valence-corrected chi connectivity index (χ3v) is 3.10. The van der Waals surface area contributed by atoms with Crippen LogP contribution in [-0.2, 0) is 6.42 Å². The Hall–Kier alpha value is -2.10. The molecule has 106 valence electrons. The van der Waals surface area contributed by atoms with Crippen molar-refractivity contribution in [1.82, 2.24) is 4.98 Å².